The van der Waals surface area contributed by atoms with Crippen molar-refractivity contribution in [2.24, 2.45) is 0 Å². The predicted molar refractivity (Wildman–Crippen MR) is 112 cm³/mol. The molecule has 0 spiro atoms. The summed E-state index contributed by atoms with van der Waals surface area (Å²) in [6.07, 6.45) is 0.413. The lowest BCUT2D eigenvalue weighted by Gasteiger charge is -2.37. The Balaban J connectivity index is 0. The zero-order valence-corrected chi connectivity index (χ0v) is 17.4. The molecule has 0 aromatic heterocycles. The number of anilines is 1. The first-order valence-corrected chi connectivity index (χ1v) is 8.16. The number of benzene rings is 1. The van der Waals surface area contributed by atoms with Gasteiger partial charge in [0, 0.05) is 44.5 Å². The standard InChI is InChI=1S/C17H28N4O.3ClH/c1-3-20-8-10-21(11-9-20)14(2)13-19-17(22)12-15-4-6-16(18)7-5-15;;;/h4-7,14H,3,8-13,18H2,1-2H3,(H,19,22);3*1H. The highest BCUT2D eigenvalue weighted by molar-refractivity contribution is 5.86. The van der Waals surface area contributed by atoms with Crippen molar-refractivity contribution in [1.29, 1.82) is 0 Å². The van der Waals surface area contributed by atoms with E-state index in [1.165, 1.54) is 0 Å². The second kappa shape index (κ2) is 13.5. The molecular weight excluding hydrogens is 383 g/mol. The number of hydrogen-bond donors (Lipinski definition) is 2. The molecule has 0 bridgehead atoms. The number of nitrogens with zero attached hydrogens (tertiary/aromatic N) is 2. The smallest absolute Gasteiger partial charge is 0.224 e. The Morgan fingerprint density at radius 1 is 1.12 bits per heavy atom. The van der Waals surface area contributed by atoms with Crippen LogP contribution in [0.25, 0.3) is 0 Å². The Hall–Kier alpha value is -0.720. The molecule has 1 heterocycles. The number of piperazine rings is 1. The first-order chi connectivity index (χ1) is 10.6. The molecule has 1 amide bonds. The van der Waals surface area contributed by atoms with Crippen molar-refractivity contribution in [3.63, 3.8) is 0 Å². The molecule has 146 valence electrons. The fourth-order valence-electron chi connectivity index (χ4n) is 2.79. The Morgan fingerprint density at radius 2 is 1.68 bits per heavy atom. The summed E-state index contributed by atoms with van der Waals surface area (Å²) >= 11 is 0. The molecule has 1 atom stereocenters. The van der Waals surface area contributed by atoms with Crippen LogP contribution in [0.15, 0.2) is 24.3 Å². The van der Waals surface area contributed by atoms with Crippen LogP contribution in [-0.2, 0) is 11.2 Å². The van der Waals surface area contributed by atoms with Gasteiger partial charge in [-0.25, -0.2) is 0 Å². The zero-order chi connectivity index (χ0) is 15.9. The Morgan fingerprint density at radius 3 is 2.20 bits per heavy atom. The molecule has 2 rings (SSSR count). The molecule has 0 saturated carbocycles. The van der Waals surface area contributed by atoms with E-state index in [1.807, 2.05) is 24.3 Å². The molecule has 3 N–H and O–H groups in total. The highest BCUT2D eigenvalue weighted by Crippen LogP contribution is 2.07. The van der Waals surface area contributed by atoms with Crippen molar-refractivity contribution >= 4 is 48.8 Å². The van der Waals surface area contributed by atoms with Crippen LogP contribution in [0, 0.1) is 0 Å². The summed E-state index contributed by atoms with van der Waals surface area (Å²) in [5.74, 6) is 0.0730. The van der Waals surface area contributed by atoms with Gasteiger partial charge in [0.1, 0.15) is 0 Å². The Labute approximate surface area is 169 Å². The third kappa shape index (κ3) is 8.97. The quantitative estimate of drug-likeness (QED) is 0.702. The predicted octanol–water partition coefficient (Wildman–Crippen LogP) is 2.22. The first kappa shape index (κ1) is 26.5. The van der Waals surface area contributed by atoms with Gasteiger partial charge < -0.3 is 16.0 Å². The number of halogens is 3. The monoisotopic (exact) mass is 412 g/mol. The van der Waals surface area contributed by atoms with Gasteiger partial charge >= 0.3 is 0 Å². The fourth-order valence-corrected chi connectivity index (χ4v) is 2.79. The van der Waals surface area contributed by atoms with Crippen molar-refractivity contribution in [2.45, 2.75) is 26.3 Å². The highest BCUT2D eigenvalue weighted by Gasteiger charge is 2.20. The molecule has 25 heavy (non-hydrogen) atoms. The maximum absolute atomic E-state index is 12.0. The van der Waals surface area contributed by atoms with Crippen LogP contribution in [-0.4, -0.2) is 61.0 Å². The Bertz CT molecular complexity index is 479. The zero-order valence-electron chi connectivity index (χ0n) is 14.9. The van der Waals surface area contributed by atoms with E-state index in [2.05, 4.69) is 29.0 Å². The molecule has 1 aliphatic rings. The summed E-state index contributed by atoms with van der Waals surface area (Å²) in [5, 5.41) is 3.04. The Kier molecular flexibility index (Phi) is 14.3. The van der Waals surface area contributed by atoms with E-state index in [0.29, 0.717) is 19.0 Å². The maximum atomic E-state index is 12.0. The topological polar surface area (TPSA) is 61.6 Å². The van der Waals surface area contributed by atoms with Crippen molar-refractivity contribution in [2.75, 3.05) is 45.0 Å². The van der Waals surface area contributed by atoms with Gasteiger partial charge in [0.2, 0.25) is 5.91 Å². The summed E-state index contributed by atoms with van der Waals surface area (Å²) < 4.78 is 0. The van der Waals surface area contributed by atoms with Crippen molar-refractivity contribution < 1.29 is 4.79 Å². The molecule has 1 unspecified atom stereocenters. The van der Waals surface area contributed by atoms with Gasteiger partial charge in [-0.2, -0.15) is 0 Å². The third-order valence-electron chi connectivity index (χ3n) is 4.42. The summed E-state index contributed by atoms with van der Waals surface area (Å²) in [4.78, 5) is 16.9. The SMILES string of the molecule is CCN1CCN(C(C)CNC(=O)Cc2ccc(N)cc2)CC1.Cl.Cl.Cl. The van der Waals surface area contributed by atoms with Crippen LogP contribution >= 0.6 is 37.2 Å². The van der Waals surface area contributed by atoms with Gasteiger partial charge in [-0.3, -0.25) is 9.69 Å². The lowest BCUT2D eigenvalue weighted by Crippen LogP contribution is -2.52. The third-order valence-corrected chi connectivity index (χ3v) is 4.42. The number of likely N-dealkylation sites (N-methyl/N-ethyl adjacent to an activating group) is 1. The van der Waals surface area contributed by atoms with Gasteiger partial charge in [0.15, 0.2) is 0 Å². The van der Waals surface area contributed by atoms with Crippen LogP contribution < -0.4 is 11.1 Å². The van der Waals surface area contributed by atoms with Crippen LogP contribution in [0.1, 0.15) is 19.4 Å². The molecule has 1 aliphatic heterocycles. The van der Waals surface area contributed by atoms with E-state index in [4.69, 9.17) is 5.73 Å². The molecule has 1 fully saturated rings. The van der Waals surface area contributed by atoms with Gasteiger partial charge in [0.25, 0.3) is 0 Å². The highest BCUT2D eigenvalue weighted by atomic mass is 35.5. The second-order valence-corrected chi connectivity index (χ2v) is 6.04. The molecule has 5 nitrogen and oxygen atoms in total. The molecule has 8 heteroatoms. The molecule has 1 saturated heterocycles. The maximum Gasteiger partial charge on any atom is 0.224 e. The van der Waals surface area contributed by atoms with Gasteiger partial charge in [-0.15, -0.1) is 37.2 Å². The lowest BCUT2D eigenvalue weighted by molar-refractivity contribution is -0.120. The minimum Gasteiger partial charge on any atom is -0.399 e. The number of amides is 1. The number of hydrogen-bond acceptors (Lipinski definition) is 4. The number of nitrogen functional groups attached to an aromatic ring is 1. The van der Waals surface area contributed by atoms with Crippen molar-refractivity contribution in [3.8, 4) is 0 Å². The van der Waals surface area contributed by atoms with E-state index in [9.17, 15) is 4.79 Å². The average Bonchev–Trinajstić information content (AvgIpc) is 2.55. The van der Waals surface area contributed by atoms with Crippen molar-refractivity contribution in [3.05, 3.63) is 29.8 Å². The van der Waals surface area contributed by atoms with E-state index in [1.54, 1.807) is 0 Å². The molecule has 0 aliphatic carbocycles. The summed E-state index contributed by atoms with van der Waals surface area (Å²) in [7, 11) is 0. The van der Waals surface area contributed by atoms with E-state index in [-0.39, 0.29) is 43.1 Å². The number of carbonyl (C=O) groups excluding carboxylic acids is 1. The van der Waals surface area contributed by atoms with E-state index in [0.717, 1.165) is 44.0 Å². The first-order valence-electron chi connectivity index (χ1n) is 8.16. The van der Waals surface area contributed by atoms with Gasteiger partial charge in [-0.1, -0.05) is 19.1 Å². The molecular formula is C17H31Cl3N4O. The van der Waals surface area contributed by atoms with Crippen LogP contribution in [0.5, 0.6) is 0 Å². The normalized spacial score (nSPS) is 15.9. The average molecular weight is 414 g/mol. The van der Waals surface area contributed by atoms with Gasteiger partial charge in [-0.05, 0) is 31.2 Å². The van der Waals surface area contributed by atoms with Gasteiger partial charge in [0.05, 0.1) is 6.42 Å². The number of nitrogens with one attached hydrogen (secondary N) is 1. The largest absolute Gasteiger partial charge is 0.399 e. The minimum atomic E-state index is 0. The number of nitrogens with two attached hydrogens (primary N) is 1. The van der Waals surface area contributed by atoms with E-state index < -0.39 is 0 Å². The molecule has 1 aromatic carbocycles. The van der Waals surface area contributed by atoms with Crippen molar-refractivity contribution in [1.82, 2.24) is 15.1 Å². The van der Waals surface area contributed by atoms with Crippen LogP contribution in [0.3, 0.4) is 0 Å². The number of carbonyl (C=O) groups is 1. The summed E-state index contributed by atoms with van der Waals surface area (Å²) in [6.45, 7) is 10.6. The summed E-state index contributed by atoms with van der Waals surface area (Å²) in [5.41, 5.74) is 7.37. The lowest BCUT2D eigenvalue weighted by atomic mass is 10.1. The second-order valence-electron chi connectivity index (χ2n) is 6.04. The van der Waals surface area contributed by atoms with Crippen LogP contribution in [0.4, 0.5) is 5.69 Å². The van der Waals surface area contributed by atoms with Crippen LogP contribution in [0.2, 0.25) is 0 Å². The number of rotatable bonds is 6. The van der Waals surface area contributed by atoms with E-state index >= 15 is 0 Å². The fraction of sp³-hybridized carbons (Fsp3) is 0.588. The molecule has 0 radical (unpaired) electrons. The molecule has 1 aromatic rings. The summed E-state index contributed by atoms with van der Waals surface area (Å²) in [6, 6.07) is 7.86. The minimum absolute atomic E-state index is 0.